The van der Waals surface area contributed by atoms with Crippen LogP contribution in [0.3, 0.4) is 0 Å². The molecule has 2 fully saturated rings. The summed E-state index contributed by atoms with van der Waals surface area (Å²) in [5.74, 6) is 0.360. The Balaban J connectivity index is 1.78. The Morgan fingerprint density at radius 3 is 2.73 bits per heavy atom. The molecule has 0 saturated carbocycles. The topological polar surface area (TPSA) is 38.8 Å². The van der Waals surface area contributed by atoms with Crippen LogP contribution < -0.4 is 0 Å². The highest BCUT2D eigenvalue weighted by atomic mass is 16.5. The fourth-order valence-electron chi connectivity index (χ4n) is 2.06. The zero-order chi connectivity index (χ0) is 10.8. The molecule has 2 aliphatic heterocycles. The molecule has 0 aromatic carbocycles. The van der Waals surface area contributed by atoms with Gasteiger partial charge in [0.1, 0.15) is 0 Å². The summed E-state index contributed by atoms with van der Waals surface area (Å²) in [5, 5.41) is 0. The number of carbonyl (C=O) groups is 1. The van der Waals surface area contributed by atoms with Crippen molar-refractivity contribution in [2.45, 2.75) is 32.5 Å². The molecule has 2 heterocycles. The van der Waals surface area contributed by atoms with Gasteiger partial charge in [-0.15, -0.1) is 0 Å². The van der Waals surface area contributed by atoms with Gasteiger partial charge in [0.15, 0.2) is 0 Å². The van der Waals surface area contributed by atoms with E-state index in [4.69, 9.17) is 9.47 Å². The molecule has 0 aliphatic carbocycles. The van der Waals surface area contributed by atoms with E-state index in [0.717, 1.165) is 19.5 Å². The highest BCUT2D eigenvalue weighted by Gasteiger charge is 2.34. The molecule has 0 aromatic rings. The van der Waals surface area contributed by atoms with E-state index in [9.17, 15) is 4.79 Å². The van der Waals surface area contributed by atoms with E-state index >= 15 is 0 Å². The van der Waals surface area contributed by atoms with Gasteiger partial charge >= 0.3 is 0 Å². The predicted molar refractivity (Wildman–Crippen MR) is 55.5 cm³/mol. The number of amides is 1. The van der Waals surface area contributed by atoms with E-state index in [2.05, 4.69) is 0 Å². The van der Waals surface area contributed by atoms with Crippen LogP contribution >= 0.6 is 0 Å². The Morgan fingerprint density at radius 1 is 1.47 bits per heavy atom. The first-order chi connectivity index (χ1) is 7.16. The summed E-state index contributed by atoms with van der Waals surface area (Å²) in [6.45, 7) is 6.87. The lowest BCUT2D eigenvalue weighted by Crippen LogP contribution is -2.44. The molecule has 1 atom stereocenters. The third kappa shape index (κ3) is 2.49. The average Bonchev–Trinajstić information content (AvgIpc) is 2.48. The summed E-state index contributed by atoms with van der Waals surface area (Å²) >= 11 is 0. The van der Waals surface area contributed by atoms with Gasteiger partial charge in [0.2, 0.25) is 5.91 Å². The lowest BCUT2D eigenvalue weighted by atomic mass is 10.1. The van der Waals surface area contributed by atoms with Gasteiger partial charge in [-0.25, -0.2) is 0 Å². The van der Waals surface area contributed by atoms with E-state index in [-0.39, 0.29) is 24.0 Å². The Labute approximate surface area is 90.5 Å². The highest BCUT2D eigenvalue weighted by molar-refractivity contribution is 5.80. The van der Waals surface area contributed by atoms with Gasteiger partial charge in [-0.05, 0) is 20.3 Å². The number of ether oxygens (including phenoxy) is 2. The molecule has 15 heavy (non-hydrogen) atoms. The van der Waals surface area contributed by atoms with Gasteiger partial charge in [0, 0.05) is 13.1 Å². The monoisotopic (exact) mass is 213 g/mol. The summed E-state index contributed by atoms with van der Waals surface area (Å²) in [5.41, 5.74) is 0. The molecule has 0 unspecified atom stereocenters. The zero-order valence-corrected chi connectivity index (χ0v) is 9.44. The second kappa shape index (κ2) is 4.49. The van der Waals surface area contributed by atoms with Crippen LogP contribution in [0.4, 0.5) is 0 Å². The standard InChI is InChI=1S/C11H19NO3/c1-8(2)15-10-3-4-12(5-10)11(13)9-6-14-7-9/h8-10H,3-7H2,1-2H3/t10-/m0/s1. The maximum atomic E-state index is 11.8. The van der Waals surface area contributed by atoms with E-state index in [0.29, 0.717) is 13.2 Å². The van der Waals surface area contributed by atoms with Crippen molar-refractivity contribution >= 4 is 5.91 Å². The van der Waals surface area contributed by atoms with Crippen LogP contribution in [0.2, 0.25) is 0 Å². The zero-order valence-electron chi connectivity index (χ0n) is 9.44. The lowest BCUT2D eigenvalue weighted by Gasteiger charge is -2.29. The molecule has 0 radical (unpaired) electrons. The van der Waals surface area contributed by atoms with Crippen molar-refractivity contribution in [3.63, 3.8) is 0 Å². The molecule has 0 spiro atoms. The summed E-state index contributed by atoms with van der Waals surface area (Å²) in [7, 11) is 0. The second-order valence-electron chi connectivity index (χ2n) is 4.61. The van der Waals surface area contributed by atoms with Crippen molar-refractivity contribution in [1.29, 1.82) is 0 Å². The number of carbonyl (C=O) groups excluding carboxylic acids is 1. The van der Waals surface area contributed by atoms with Crippen molar-refractivity contribution in [3.8, 4) is 0 Å². The quantitative estimate of drug-likeness (QED) is 0.691. The van der Waals surface area contributed by atoms with Gasteiger partial charge in [-0.1, -0.05) is 0 Å². The Hall–Kier alpha value is -0.610. The summed E-state index contributed by atoms with van der Waals surface area (Å²) in [6, 6.07) is 0. The number of hydrogen-bond acceptors (Lipinski definition) is 3. The van der Waals surface area contributed by atoms with Crippen LogP contribution in [-0.4, -0.2) is 49.3 Å². The molecule has 2 rings (SSSR count). The SMILES string of the molecule is CC(C)O[C@H]1CCN(C(=O)C2COC2)C1. The Morgan fingerprint density at radius 2 is 2.20 bits per heavy atom. The van der Waals surface area contributed by atoms with Gasteiger partial charge in [-0.2, -0.15) is 0 Å². The van der Waals surface area contributed by atoms with Crippen molar-refractivity contribution in [1.82, 2.24) is 4.90 Å². The Bertz CT molecular complexity index is 238. The average molecular weight is 213 g/mol. The molecule has 0 bridgehead atoms. The lowest BCUT2D eigenvalue weighted by molar-refractivity contribution is -0.149. The molecule has 2 aliphatic rings. The smallest absolute Gasteiger partial charge is 0.230 e. The maximum Gasteiger partial charge on any atom is 0.230 e. The van der Waals surface area contributed by atoms with Gasteiger partial charge in [0.25, 0.3) is 0 Å². The van der Waals surface area contributed by atoms with E-state index < -0.39 is 0 Å². The van der Waals surface area contributed by atoms with Gasteiger partial charge < -0.3 is 14.4 Å². The highest BCUT2D eigenvalue weighted by Crippen LogP contribution is 2.20. The number of nitrogens with zero attached hydrogens (tertiary/aromatic N) is 1. The van der Waals surface area contributed by atoms with Crippen LogP contribution in [0.1, 0.15) is 20.3 Å². The van der Waals surface area contributed by atoms with Crippen molar-refractivity contribution in [3.05, 3.63) is 0 Å². The molecule has 4 heteroatoms. The normalized spacial score (nSPS) is 27.1. The fourth-order valence-corrected chi connectivity index (χ4v) is 2.06. The first kappa shape index (κ1) is 10.9. The minimum atomic E-state index is 0.114. The summed E-state index contributed by atoms with van der Waals surface area (Å²) < 4.78 is 10.7. The number of likely N-dealkylation sites (tertiary alicyclic amines) is 1. The predicted octanol–water partition coefficient (Wildman–Crippen LogP) is 0.659. The van der Waals surface area contributed by atoms with Crippen LogP contribution in [0, 0.1) is 5.92 Å². The molecule has 2 saturated heterocycles. The van der Waals surface area contributed by atoms with E-state index in [1.807, 2.05) is 18.7 Å². The molecule has 0 N–H and O–H groups in total. The molecule has 0 aromatic heterocycles. The molecular weight excluding hydrogens is 194 g/mol. The maximum absolute atomic E-state index is 11.8. The van der Waals surface area contributed by atoms with Crippen molar-refractivity contribution in [2.24, 2.45) is 5.92 Å². The number of hydrogen-bond donors (Lipinski definition) is 0. The molecule has 86 valence electrons. The second-order valence-corrected chi connectivity index (χ2v) is 4.61. The molecule has 1 amide bonds. The molecule has 4 nitrogen and oxygen atoms in total. The van der Waals surface area contributed by atoms with Crippen molar-refractivity contribution < 1.29 is 14.3 Å². The first-order valence-corrected chi connectivity index (χ1v) is 5.69. The van der Waals surface area contributed by atoms with E-state index in [1.54, 1.807) is 0 Å². The van der Waals surface area contributed by atoms with Gasteiger partial charge in [0.05, 0.1) is 31.3 Å². The van der Waals surface area contributed by atoms with Crippen LogP contribution in [0.25, 0.3) is 0 Å². The van der Waals surface area contributed by atoms with Crippen molar-refractivity contribution in [2.75, 3.05) is 26.3 Å². The Kier molecular flexibility index (Phi) is 3.26. The third-order valence-electron chi connectivity index (χ3n) is 2.91. The van der Waals surface area contributed by atoms with E-state index in [1.165, 1.54) is 0 Å². The van der Waals surface area contributed by atoms with Crippen LogP contribution in [0.5, 0.6) is 0 Å². The minimum Gasteiger partial charge on any atom is -0.380 e. The van der Waals surface area contributed by atoms with Crippen LogP contribution in [0.15, 0.2) is 0 Å². The summed E-state index contributed by atoms with van der Waals surface area (Å²) in [4.78, 5) is 13.8. The first-order valence-electron chi connectivity index (χ1n) is 5.69. The fraction of sp³-hybridized carbons (Fsp3) is 0.909. The summed E-state index contributed by atoms with van der Waals surface area (Å²) in [6.07, 6.45) is 1.45. The number of rotatable bonds is 3. The molecular formula is C11H19NO3. The van der Waals surface area contributed by atoms with Gasteiger partial charge in [-0.3, -0.25) is 4.79 Å². The third-order valence-corrected chi connectivity index (χ3v) is 2.91. The van der Waals surface area contributed by atoms with Crippen LogP contribution in [-0.2, 0) is 14.3 Å². The largest absolute Gasteiger partial charge is 0.380 e. The minimum absolute atomic E-state index is 0.114.